The molecule has 1 nitrogen and oxygen atoms in total. The first kappa shape index (κ1) is 8.71. The molecule has 0 saturated carbocycles. The molecule has 0 radical (unpaired) electrons. The molecule has 0 unspecified atom stereocenters. The van der Waals surface area contributed by atoms with Crippen LogP contribution in [-0.4, -0.2) is 4.72 Å². The van der Waals surface area contributed by atoms with E-state index in [9.17, 15) is 4.79 Å². The fraction of sp³-hybridized carbons (Fsp3) is 0.167. The summed E-state index contributed by atoms with van der Waals surface area (Å²) in [6.45, 7) is 0. The fourth-order valence-corrected chi connectivity index (χ4v) is 2.51. The SMILES string of the molecule is O=[C](C1=CC=CC1)[Co]([Br])[Br]. The number of hydrogen-bond acceptors (Lipinski definition) is 1. The van der Waals surface area contributed by atoms with Gasteiger partial charge in [-0.15, -0.1) is 0 Å². The quantitative estimate of drug-likeness (QED) is 0.766. The van der Waals surface area contributed by atoms with E-state index in [1.165, 1.54) is 0 Å². The number of carbonyl (C=O) groups is 1. The molecule has 0 atom stereocenters. The van der Waals surface area contributed by atoms with Gasteiger partial charge in [0.05, 0.1) is 0 Å². The number of hydrogen-bond donors (Lipinski definition) is 0. The van der Waals surface area contributed by atoms with Crippen LogP contribution in [0.15, 0.2) is 23.8 Å². The second-order valence-corrected chi connectivity index (χ2v) is 10.1. The van der Waals surface area contributed by atoms with Crippen LogP contribution >= 0.6 is 28.3 Å². The molecule has 1 rings (SSSR count). The zero-order valence-electron chi connectivity index (χ0n) is 4.94. The van der Waals surface area contributed by atoms with Crippen LogP contribution in [0.1, 0.15) is 6.42 Å². The van der Waals surface area contributed by atoms with Crippen LogP contribution in [0.25, 0.3) is 0 Å². The van der Waals surface area contributed by atoms with E-state index in [1.807, 2.05) is 18.2 Å². The van der Waals surface area contributed by atoms with E-state index in [2.05, 4.69) is 28.3 Å². The number of rotatable bonds is 2. The molecule has 0 aliphatic heterocycles. The van der Waals surface area contributed by atoms with E-state index < -0.39 is 10.1 Å². The molecule has 0 amide bonds. The Labute approximate surface area is 77.8 Å². The van der Waals surface area contributed by atoms with E-state index in [1.54, 1.807) is 0 Å². The van der Waals surface area contributed by atoms with Crippen LogP contribution in [0.5, 0.6) is 0 Å². The molecule has 0 N–H and O–H groups in total. The van der Waals surface area contributed by atoms with Gasteiger partial charge in [-0.25, -0.2) is 0 Å². The van der Waals surface area contributed by atoms with Crippen molar-refractivity contribution in [2.24, 2.45) is 0 Å². The third-order valence-corrected chi connectivity index (χ3v) is 3.80. The topological polar surface area (TPSA) is 17.1 Å². The second kappa shape index (κ2) is 3.85. The van der Waals surface area contributed by atoms with Gasteiger partial charge in [0.2, 0.25) is 0 Å². The van der Waals surface area contributed by atoms with Gasteiger partial charge < -0.3 is 0 Å². The van der Waals surface area contributed by atoms with Gasteiger partial charge in [0.15, 0.2) is 0 Å². The molecule has 0 bridgehead atoms. The Balaban J connectivity index is 2.59. The Kier molecular flexibility index (Phi) is 3.35. The first-order valence-corrected chi connectivity index (χ1v) is 8.26. The van der Waals surface area contributed by atoms with Crippen LogP contribution in [0, 0.1) is 0 Å². The Morgan fingerprint density at radius 1 is 1.60 bits per heavy atom. The van der Waals surface area contributed by atoms with Gasteiger partial charge in [0, 0.05) is 0 Å². The van der Waals surface area contributed by atoms with Crippen molar-refractivity contribution in [1.82, 2.24) is 0 Å². The summed E-state index contributed by atoms with van der Waals surface area (Å²) in [6.07, 6.45) is 6.53. The normalized spacial score (nSPS) is 17.0. The Hall–Kier alpha value is 0.616. The van der Waals surface area contributed by atoms with Crippen LogP contribution in [0.4, 0.5) is 0 Å². The summed E-state index contributed by atoms with van der Waals surface area (Å²) >= 11 is 6.42. The van der Waals surface area contributed by atoms with E-state index in [-0.39, 0.29) is 4.72 Å². The number of allylic oxidation sites excluding steroid dienone is 4. The summed E-state index contributed by atoms with van der Waals surface area (Å²) < 4.78 is 0.178. The molecule has 58 valence electrons. The molecule has 0 aromatic rings. The standard InChI is InChI=1S/C6H5O.2BrH.Co/c7-5-6-3-1-2-4-6;;;/h1-3H,4H2;2*1H;/q;;;+2/p-2. The molecule has 0 spiro atoms. The maximum atomic E-state index is 11.2. The zero-order chi connectivity index (χ0) is 7.56. The summed E-state index contributed by atoms with van der Waals surface area (Å²) in [5.41, 5.74) is 0.888. The maximum absolute atomic E-state index is 11.2. The Morgan fingerprint density at radius 3 is 2.70 bits per heavy atom. The Bertz CT molecular complexity index is 208. The number of carbonyl (C=O) groups excluding carboxylic acids is 1. The van der Waals surface area contributed by atoms with Crippen LogP contribution in [-0.2, 0) is 14.9 Å². The Morgan fingerprint density at radius 2 is 2.30 bits per heavy atom. The first-order chi connectivity index (χ1) is 4.72. The molecule has 1 aliphatic rings. The molecule has 1 aliphatic carbocycles. The molecule has 0 heterocycles. The molecule has 0 aromatic heterocycles. The average Bonchev–Trinajstić information content (AvgIpc) is 2.36. The summed E-state index contributed by atoms with van der Waals surface area (Å²) in [4.78, 5) is 11.2. The summed E-state index contributed by atoms with van der Waals surface area (Å²) in [5.74, 6) is 0. The van der Waals surface area contributed by atoms with Crippen molar-refractivity contribution >= 4 is 33.1 Å². The minimum atomic E-state index is -0.775. The first-order valence-electron chi connectivity index (χ1n) is 2.59. The monoisotopic (exact) mass is 310 g/mol. The van der Waals surface area contributed by atoms with E-state index in [0.717, 1.165) is 12.0 Å². The summed E-state index contributed by atoms with van der Waals surface area (Å²) in [5, 5.41) is 0. The van der Waals surface area contributed by atoms with Crippen LogP contribution in [0.3, 0.4) is 0 Å². The average molecular weight is 312 g/mol. The minimum absolute atomic E-state index is 0.178. The van der Waals surface area contributed by atoms with Crippen molar-refractivity contribution in [3.63, 3.8) is 0 Å². The van der Waals surface area contributed by atoms with Crippen molar-refractivity contribution in [1.29, 1.82) is 0 Å². The van der Waals surface area contributed by atoms with Gasteiger partial charge >= 0.3 is 78.1 Å². The molecular formula is C6H5Br2CoO. The van der Waals surface area contributed by atoms with Gasteiger partial charge in [-0.2, -0.15) is 0 Å². The van der Waals surface area contributed by atoms with Gasteiger partial charge in [-0.1, -0.05) is 0 Å². The number of halogens is 2. The molecule has 0 aromatic carbocycles. The summed E-state index contributed by atoms with van der Waals surface area (Å²) in [7, 11) is -0.775. The molecule has 4 heteroatoms. The zero-order valence-corrected chi connectivity index (χ0v) is 9.15. The van der Waals surface area contributed by atoms with Crippen molar-refractivity contribution in [2.75, 3.05) is 0 Å². The van der Waals surface area contributed by atoms with Crippen LogP contribution in [0.2, 0.25) is 0 Å². The van der Waals surface area contributed by atoms with Gasteiger partial charge in [0.25, 0.3) is 0 Å². The van der Waals surface area contributed by atoms with E-state index in [4.69, 9.17) is 0 Å². The third-order valence-electron chi connectivity index (χ3n) is 1.12. The van der Waals surface area contributed by atoms with Gasteiger partial charge in [-0.3, -0.25) is 0 Å². The van der Waals surface area contributed by atoms with Crippen molar-refractivity contribution in [3.8, 4) is 0 Å². The summed E-state index contributed by atoms with van der Waals surface area (Å²) in [6, 6.07) is 0. The van der Waals surface area contributed by atoms with Crippen LogP contribution < -0.4 is 0 Å². The molecular weight excluding hydrogens is 307 g/mol. The van der Waals surface area contributed by atoms with Crippen molar-refractivity contribution in [2.45, 2.75) is 6.42 Å². The molecule has 0 fully saturated rings. The van der Waals surface area contributed by atoms with Crippen molar-refractivity contribution in [3.05, 3.63) is 23.8 Å². The predicted octanol–water partition coefficient (Wildman–Crippen LogP) is 2.64. The molecule has 0 saturated heterocycles. The van der Waals surface area contributed by atoms with E-state index in [0.29, 0.717) is 0 Å². The van der Waals surface area contributed by atoms with E-state index >= 15 is 0 Å². The van der Waals surface area contributed by atoms with Gasteiger partial charge in [-0.05, 0) is 0 Å². The fourth-order valence-electron chi connectivity index (χ4n) is 0.666. The molecule has 10 heavy (non-hydrogen) atoms. The predicted molar refractivity (Wildman–Crippen MR) is 44.7 cm³/mol. The van der Waals surface area contributed by atoms with Crippen molar-refractivity contribution < 1.29 is 14.9 Å². The van der Waals surface area contributed by atoms with Gasteiger partial charge in [0.1, 0.15) is 0 Å². The third kappa shape index (κ3) is 2.05. The second-order valence-electron chi connectivity index (χ2n) is 1.75.